The summed E-state index contributed by atoms with van der Waals surface area (Å²) in [6.45, 7) is 2.24. The third-order valence-electron chi connectivity index (χ3n) is 5.15. The number of nitrogens with one attached hydrogen (secondary N) is 1. The van der Waals surface area contributed by atoms with Crippen molar-refractivity contribution in [3.63, 3.8) is 0 Å². The van der Waals surface area contributed by atoms with Gasteiger partial charge < -0.3 is 5.32 Å². The van der Waals surface area contributed by atoms with E-state index in [1.807, 2.05) is 29.8 Å². The standard InChI is InChI=1S/C20H23N3OS/c1-14-7-5-6-10-17(14)21-19(24)11-16-13-25-20-22-18(12-23(16)20)15-8-3-2-4-9-15/h2-4,8-9,12-14,17H,5-7,10-11H2,1H3,(H,21,24)/t14-,17+/m0/s1. The minimum atomic E-state index is 0.119. The number of amides is 1. The van der Waals surface area contributed by atoms with Crippen molar-refractivity contribution in [1.29, 1.82) is 0 Å². The predicted molar refractivity (Wildman–Crippen MR) is 102 cm³/mol. The van der Waals surface area contributed by atoms with E-state index in [9.17, 15) is 4.79 Å². The summed E-state index contributed by atoms with van der Waals surface area (Å²) in [5.74, 6) is 0.700. The van der Waals surface area contributed by atoms with Crippen LogP contribution in [0, 0.1) is 5.92 Å². The van der Waals surface area contributed by atoms with E-state index in [0.717, 1.165) is 28.3 Å². The van der Waals surface area contributed by atoms with Crippen molar-refractivity contribution in [2.45, 2.75) is 45.1 Å². The number of carbonyl (C=O) groups is 1. The van der Waals surface area contributed by atoms with E-state index in [-0.39, 0.29) is 5.91 Å². The lowest BCUT2D eigenvalue weighted by Gasteiger charge is -2.29. The van der Waals surface area contributed by atoms with E-state index in [4.69, 9.17) is 0 Å². The molecule has 5 heteroatoms. The fourth-order valence-electron chi connectivity index (χ4n) is 3.66. The van der Waals surface area contributed by atoms with E-state index >= 15 is 0 Å². The van der Waals surface area contributed by atoms with Gasteiger partial charge in [-0.2, -0.15) is 0 Å². The van der Waals surface area contributed by atoms with Crippen LogP contribution in [0.4, 0.5) is 0 Å². The number of carbonyl (C=O) groups excluding carboxylic acids is 1. The van der Waals surface area contributed by atoms with Gasteiger partial charge in [-0.25, -0.2) is 4.98 Å². The zero-order valence-corrected chi connectivity index (χ0v) is 15.3. The van der Waals surface area contributed by atoms with Crippen LogP contribution in [0.3, 0.4) is 0 Å². The van der Waals surface area contributed by atoms with Gasteiger partial charge in [-0.1, -0.05) is 50.1 Å². The van der Waals surface area contributed by atoms with Crippen LogP contribution in [0.25, 0.3) is 16.2 Å². The zero-order chi connectivity index (χ0) is 17.2. The van der Waals surface area contributed by atoms with Crippen LogP contribution in [-0.2, 0) is 11.2 Å². The lowest BCUT2D eigenvalue weighted by Crippen LogP contribution is -2.41. The molecule has 1 fully saturated rings. The fourth-order valence-corrected chi connectivity index (χ4v) is 4.53. The molecule has 1 amide bonds. The van der Waals surface area contributed by atoms with E-state index < -0.39 is 0 Å². The average Bonchev–Trinajstić information content (AvgIpc) is 3.20. The highest BCUT2D eigenvalue weighted by molar-refractivity contribution is 7.15. The maximum absolute atomic E-state index is 12.5. The number of aromatic nitrogens is 2. The number of hydrogen-bond acceptors (Lipinski definition) is 3. The molecule has 0 aliphatic heterocycles. The Hall–Kier alpha value is -2.14. The van der Waals surface area contributed by atoms with Crippen LogP contribution < -0.4 is 5.32 Å². The predicted octanol–water partition coefficient (Wildman–Crippen LogP) is 4.30. The van der Waals surface area contributed by atoms with Crippen molar-refractivity contribution in [2.75, 3.05) is 0 Å². The summed E-state index contributed by atoms with van der Waals surface area (Å²) >= 11 is 1.59. The minimum Gasteiger partial charge on any atom is -0.353 e. The maximum atomic E-state index is 12.5. The van der Waals surface area contributed by atoms with Gasteiger partial charge in [0, 0.05) is 28.9 Å². The molecule has 4 nitrogen and oxygen atoms in total. The number of fused-ring (bicyclic) bond motifs is 1. The molecule has 1 aromatic carbocycles. The van der Waals surface area contributed by atoms with Gasteiger partial charge in [0.15, 0.2) is 4.96 Å². The van der Waals surface area contributed by atoms with Crippen molar-refractivity contribution < 1.29 is 4.79 Å². The quantitative estimate of drug-likeness (QED) is 0.760. The molecular weight excluding hydrogens is 330 g/mol. The van der Waals surface area contributed by atoms with Gasteiger partial charge >= 0.3 is 0 Å². The second kappa shape index (κ2) is 7.00. The Morgan fingerprint density at radius 2 is 2.08 bits per heavy atom. The van der Waals surface area contributed by atoms with Crippen molar-refractivity contribution in [3.05, 3.63) is 47.6 Å². The highest BCUT2D eigenvalue weighted by Crippen LogP contribution is 2.25. The summed E-state index contributed by atoms with van der Waals surface area (Å²) in [7, 11) is 0. The molecule has 2 atom stereocenters. The van der Waals surface area contributed by atoms with E-state index in [0.29, 0.717) is 18.4 Å². The summed E-state index contributed by atoms with van der Waals surface area (Å²) in [4.78, 5) is 18.1. The first-order chi connectivity index (χ1) is 12.2. The van der Waals surface area contributed by atoms with Gasteiger partial charge in [-0.15, -0.1) is 11.3 Å². The molecule has 2 aromatic heterocycles. The van der Waals surface area contributed by atoms with E-state index in [1.54, 1.807) is 11.3 Å². The highest BCUT2D eigenvalue weighted by atomic mass is 32.1. The summed E-state index contributed by atoms with van der Waals surface area (Å²) in [5.41, 5.74) is 3.07. The average molecular weight is 353 g/mol. The topological polar surface area (TPSA) is 46.4 Å². The van der Waals surface area contributed by atoms with E-state index in [1.165, 1.54) is 19.3 Å². The Bertz CT molecular complexity index is 868. The van der Waals surface area contributed by atoms with Gasteiger partial charge in [0.05, 0.1) is 12.1 Å². The molecule has 0 spiro atoms. The Morgan fingerprint density at radius 3 is 2.88 bits per heavy atom. The molecule has 0 saturated heterocycles. The molecule has 1 aliphatic rings. The molecule has 1 saturated carbocycles. The molecule has 0 radical (unpaired) electrons. The number of nitrogens with zero attached hydrogens (tertiary/aromatic N) is 2. The summed E-state index contributed by atoms with van der Waals surface area (Å²) in [5, 5.41) is 5.28. The molecule has 3 aromatic rings. The third kappa shape index (κ3) is 3.47. The number of hydrogen-bond donors (Lipinski definition) is 1. The Kier molecular flexibility index (Phi) is 4.57. The number of benzene rings is 1. The van der Waals surface area contributed by atoms with Gasteiger partial charge in [0.2, 0.25) is 5.91 Å². The fraction of sp³-hybridized carbons (Fsp3) is 0.400. The number of imidazole rings is 1. The van der Waals surface area contributed by atoms with Crippen LogP contribution in [-0.4, -0.2) is 21.3 Å². The lowest BCUT2D eigenvalue weighted by atomic mass is 9.86. The smallest absolute Gasteiger partial charge is 0.226 e. The summed E-state index contributed by atoms with van der Waals surface area (Å²) < 4.78 is 2.05. The number of thiazole rings is 1. The van der Waals surface area contributed by atoms with Crippen LogP contribution in [0.15, 0.2) is 41.9 Å². The van der Waals surface area contributed by atoms with Crippen LogP contribution in [0.2, 0.25) is 0 Å². The SMILES string of the molecule is C[C@H]1CCCC[C@H]1NC(=O)Cc1csc2nc(-c3ccccc3)cn12. The first-order valence-electron chi connectivity index (χ1n) is 9.01. The molecule has 130 valence electrons. The second-order valence-electron chi connectivity index (χ2n) is 6.98. The van der Waals surface area contributed by atoms with Crippen molar-refractivity contribution in [2.24, 2.45) is 5.92 Å². The Balaban J connectivity index is 1.49. The van der Waals surface area contributed by atoms with Gasteiger partial charge in [0.1, 0.15) is 0 Å². The third-order valence-corrected chi connectivity index (χ3v) is 6.04. The molecule has 1 aliphatic carbocycles. The number of rotatable bonds is 4. The monoisotopic (exact) mass is 353 g/mol. The molecular formula is C20H23N3OS. The Labute approximate surface area is 151 Å². The minimum absolute atomic E-state index is 0.119. The van der Waals surface area contributed by atoms with Crippen molar-refractivity contribution >= 4 is 22.2 Å². The summed E-state index contributed by atoms with van der Waals surface area (Å²) in [6, 6.07) is 10.5. The maximum Gasteiger partial charge on any atom is 0.226 e. The van der Waals surface area contributed by atoms with Gasteiger partial charge in [-0.05, 0) is 18.8 Å². The molecule has 2 heterocycles. The van der Waals surface area contributed by atoms with Crippen LogP contribution in [0.1, 0.15) is 38.3 Å². The lowest BCUT2D eigenvalue weighted by molar-refractivity contribution is -0.121. The first kappa shape index (κ1) is 16.3. The molecule has 0 bridgehead atoms. The van der Waals surface area contributed by atoms with Crippen molar-refractivity contribution in [3.8, 4) is 11.3 Å². The molecule has 0 unspecified atom stereocenters. The van der Waals surface area contributed by atoms with Crippen molar-refractivity contribution in [1.82, 2.24) is 14.7 Å². The van der Waals surface area contributed by atoms with Gasteiger partial charge in [-0.3, -0.25) is 9.20 Å². The van der Waals surface area contributed by atoms with Crippen LogP contribution >= 0.6 is 11.3 Å². The largest absolute Gasteiger partial charge is 0.353 e. The summed E-state index contributed by atoms with van der Waals surface area (Å²) in [6.07, 6.45) is 7.28. The normalized spacial score (nSPS) is 20.7. The zero-order valence-electron chi connectivity index (χ0n) is 14.4. The second-order valence-corrected chi connectivity index (χ2v) is 7.82. The van der Waals surface area contributed by atoms with Gasteiger partial charge in [0.25, 0.3) is 0 Å². The van der Waals surface area contributed by atoms with Crippen LogP contribution in [0.5, 0.6) is 0 Å². The first-order valence-corrected chi connectivity index (χ1v) is 9.89. The highest BCUT2D eigenvalue weighted by Gasteiger charge is 2.23. The molecule has 1 N–H and O–H groups in total. The van der Waals surface area contributed by atoms with E-state index in [2.05, 4.69) is 33.8 Å². The Morgan fingerprint density at radius 1 is 1.28 bits per heavy atom. The molecule has 25 heavy (non-hydrogen) atoms. The molecule has 4 rings (SSSR count).